The largest absolute Gasteiger partial charge is 0.550 e. The molecular formula is C19H31NO6. The van der Waals surface area contributed by atoms with Gasteiger partial charge in [-0.05, 0) is 25.7 Å². The molecule has 1 N–H and O–H groups in total. The highest BCUT2D eigenvalue weighted by Gasteiger charge is 2.21. The highest BCUT2D eigenvalue weighted by molar-refractivity contribution is 5.79. The lowest BCUT2D eigenvalue weighted by atomic mass is 10.1. The van der Waals surface area contributed by atoms with Crippen LogP contribution < -0.4 is 5.11 Å². The number of quaternary nitrogens is 1. The highest BCUT2D eigenvalue weighted by Crippen LogP contribution is 2.07. The maximum absolute atomic E-state index is 11.8. The Morgan fingerprint density at radius 2 is 1.65 bits per heavy atom. The molecule has 0 aromatic rings. The van der Waals surface area contributed by atoms with E-state index in [1.807, 2.05) is 27.2 Å². The number of ether oxygens (including phenoxy) is 1. The van der Waals surface area contributed by atoms with E-state index in [1.165, 1.54) is 0 Å². The number of carbonyl (C=O) groups is 3. The van der Waals surface area contributed by atoms with Crippen LogP contribution in [0.2, 0.25) is 0 Å². The van der Waals surface area contributed by atoms with Crippen LogP contribution in [0, 0.1) is 0 Å². The van der Waals surface area contributed by atoms with Crippen molar-refractivity contribution in [1.29, 1.82) is 0 Å². The van der Waals surface area contributed by atoms with Crippen LogP contribution in [0.25, 0.3) is 0 Å². The molecule has 0 fully saturated rings. The van der Waals surface area contributed by atoms with Crippen molar-refractivity contribution in [2.45, 2.75) is 51.0 Å². The van der Waals surface area contributed by atoms with Crippen LogP contribution in [0.1, 0.15) is 44.9 Å². The van der Waals surface area contributed by atoms with E-state index >= 15 is 0 Å². The van der Waals surface area contributed by atoms with Crippen LogP contribution in [-0.2, 0) is 19.1 Å². The lowest BCUT2D eigenvalue weighted by molar-refractivity contribution is -0.873. The summed E-state index contributed by atoms with van der Waals surface area (Å²) in [5, 5.41) is 19.2. The number of nitrogens with zero attached hydrogens (tertiary/aromatic N) is 1. The second-order valence-corrected chi connectivity index (χ2v) is 7.22. The van der Waals surface area contributed by atoms with Gasteiger partial charge in [-0.15, -0.1) is 0 Å². The summed E-state index contributed by atoms with van der Waals surface area (Å²) in [5.74, 6) is -2.60. The zero-order chi connectivity index (χ0) is 20.0. The molecule has 0 bridgehead atoms. The molecule has 148 valence electrons. The van der Waals surface area contributed by atoms with Gasteiger partial charge < -0.3 is 24.2 Å². The molecule has 7 nitrogen and oxygen atoms in total. The molecule has 26 heavy (non-hydrogen) atoms. The molecule has 0 heterocycles. The summed E-state index contributed by atoms with van der Waals surface area (Å²) in [4.78, 5) is 32.9. The Balaban J connectivity index is 3.98. The first-order valence-electron chi connectivity index (χ1n) is 8.84. The van der Waals surface area contributed by atoms with Gasteiger partial charge in [0.15, 0.2) is 6.10 Å². The quantitative estimate of drug-likeness (QED) is 0.163. The average Bonchev–Trinajstić information content (AvgIpc) is 2.46. The van der Waals surface area contributed by atoms with Gasteiger partial charge in [0, 0.05) is 18.5 Å². The molecule has 0 saturated carbocycles. The fraction of sp³-hybridized carbons (Fsp3) is 0.632. The first kappa shape index (κ1) is 23.9. The number of unbranched alkanes of at least 4 members (excludes halogenated alkanes) is 4. The second kappa shape index (κ2) is 13.1. The third kappa shape index (κ3) is 16.7. The Kier molecular flexibility index (Phi) is 12.0. The van der Waals surface area contributed by atoms with Crippen molar-refractivity contribution in [2.24, 2.45) is 0 Å². The van der Waals surface area contributed by atoms with Gasteiger partial charge >= 0.3 is 11.9 Å². The molecule has 0 aromatic carbocycles. The van der Waals surface area contributed by atoms with Crippen molar-refractivity contribution in [1.82, 2.24) is 0 Å². The standard InChI is InChI=1S/C19H31NO6/c1-20(2,3)15-16(14-18(23)24)26-19(25)13-11-9-7-5-4-6-8-10-12-17(21)22/h9-12,16H,4-8,13-15H2,1-3H3,(H-,21,22,23,24)/b11-9+,12-10+. The zero-order valence-corrected chi connectivity index (χ0v) is 16.0. The number of carboxylic acid groups (broad SMARTS) is 2. The Bertz CT molecular complexity index is 505. The smallest absolute Gasteiger partial charge is 0.327 e. The van der Waals surface area contributed by atoms with E-state index in [9.17, 15) is 19.5 Å². The Labute approximate surface area is 155 Å². The maximum Gasteiger partial charge on any atom is 0.327 e. The summed E-state index contributed by atoms with van der Waals surface area (Å²) in [7, 11) is 5.69. The third-order valence-corrected chi connectivity index (χ3v) is 3.40. The van der Waals surface area contributed by atoms with Crippen LogP contribution in [0.3, 0.4) is 0 Å². The topological polar surface area (TPSA) is 104 Å². The van der Waals surface area contributed by atoms with Gasteiger partial charge in [0.05, 0.1) is 27.6 Å². The molecule has 0 radical (unpaired) electrons. The van der Waals surface area contributed by atoms with Gasteiger partial charge in [-0.2, -0.15) is 0 Å². The van der Waals surface area contributed by atoms with Crippen molar-refractivity contribution < 1.29 is 33.8 Å². The minimum atomic E-state index is -1.23. The fourth-order valence-corrected chi connectivity index (χ4v) is 2.36. The number of rotatable bonds is 14. The fourth-order valence-electron chi connectivity index (χ4n) is 2.36. The first-order chi connectivity index (χ1) is 12.1. The average molecular weight is 369 g/mol. The molecule has 0 aliphatic rings. The number of esters is 1. The van der Waals surface area contributed by atoms with E-state index in [2.05, 4.69) is 0 Å². The molecule has 1 unspecified atom stereocenters. The van der Waals surface area contributed by atoms with E-state index in [-0.39, 0.29) is 12.8 Å². The van der Waals surface area contributed by atoms with Crippen molar-refractivity contribution in [3.63, 3.8) is 0 Å². The van der Waals surface area contributed by atoms with Crippen molar-refractivity contribution in [3.05, 3.63) is 24.3 Å². The minimum absolute atomic E-state index is 0.113. The lowest BCUT2D eigenvalue weighted by Crippen LogP contribution is -2.45. The maximum atomic E-state index is 11.8. The number of likely N-dealkylation sites (N-methyl/N-ethyl adjacent to an activating group) is 1. The van der Waals surface area contributed by atoms with Gasteiger partial charge in [-0.3, -0.25) is 4.79 Å². The molecule has 0 spiro atoms. The highest BCUT2D eigenvalue weighted by atomic mass is 16.5. The SMILES string of the molecule is C[N+](C)(C)CC(CC(=O)[O-])OC(=O)C/C=C/CCCCC/C=C/C(=O)O. The van der Waals surface area contributed by atoms with Crippen LogP contribution in [0.15, 0.2) is 24.3 Å². The summed E-state index contributed by atoms with van der Waals surface area (Å²) in [5.41, 5.74) is 0. The van der Waals surface area contributed by atoms with E-state index < -0.39 is 24.0 Å². The summed E-state index contributed by atoms with van der Waals surface area (Å²) in [6, 6.07) is 0. The molecule has 1 atom stereocenters. The van der Waals surface area contributed by atoms with Gasteiger partial charge in [-0.25, -0.2) is 4.79 Å². The molecule has 0 saturated heterocycles. The number of carboxylic acids is 2. The minimum Gasteiger partial charge on any atom is -0.550 e. The molecular weight excluding hydrogens is 338 g/mol. The van der Waals surface area contributed by atoms with E-state index in [0.29, 0.717) is 11.0 Å². The lowest BCUT2D eigenvalue weighted by Gasteiger charge is -2.29. The van der Waals surface area contributed by atoms with Crippen molar-refractivity contribution in [3.8, 4) is 0 Å². The van der Waals surface area contributed by atoms with Crippen LogP contribution in [-0.4, -0.2) is 61.3 Å². The normalized spacial score (nSPS) is 13.2. The van der Waals surface area contributed by atoms with E-state index in [0.717, 1.165) is 38.2 Å². The van der Waals surface area contributed by atoms with Crippen LogP contribution in [0.4, 0.5) is 0 Å². The third-order valence-electron chi connectivity index (χ3n) is 3.40. The summed E-state index contributed by atoms with van der Waals surface area (Å²) >= 11 is 0. The number of aliphatic carboxylic acids is 2. The number of carbonyl (C=O) groups excluding carboxylic acids is 2. The van der Waals surface area contributed by atoms with E-state index in [1.54, 1.807) is 12.2 Å². The molecule has 0 aromatic heterocycles. The Morgan fingerprint density at radius 3 is 2.19 bits per heavy atom. The molecule has 0 amide bonds. The van der Waals surface area contributed by atoms with Gasteiger partial charge in [-0.1, -0.05) is 24.6 Å². The van der Waals surface area contributed by atoms with Crippen LogP contribution in [0.5, 0.6) is 0 Å². The predicted molar refractivity (Wildman–Crippen MR) is 96.0 cm³/mol. The summed E-state index contributed by atoms with van der Waals surface area (Å²) in [6.45, 7) is 0.403. The molecule has 7 heteroatoms. The molecule has 0 aliphatic heterocycles. The zero-order valence-electron chi connectivity index (χ0n) is 16.0. The number of hydrogen-bond donors (Lipinski definition) is 1. The van der Waals surface area contributed by atoms with Gasteiger partial charge in [0.25, 0.3) is 0 Å². The van der Waals surface area contributed by atoms with Crippen molar-refractivity contribution >= 4 is 17.9 Å². The Morgan fingerprint density at radius 1 is 1.04 bits per heavy atom. The number of allylic oxidation sites excluding steroid dienone is 2. The predicted octanol–water partition coefficient (Wildman–Crippen LogP) is 1.28. The summed E-state index contributed by atoms with van der Waals surface area (Å²) < 4.78 is 5.74. The first-order valence-corrected chi connectivity index (χ1v) is 8.84. The van der Waals surface area contributed by atoms with E-state index in [4.69, 9.17) is 9.84 Å². The monoisotopic (exact) mass is 369 g/mol. The van der Waals surface area contributed by atoms with Gasteiger partial charge in [0.1, 0.15) is 6.54 Å². The molecule has 0 rings (SSSR count). The van der Waals surface area contributed by atoms with Crippen molar-refractivity contribution in [2.75, 3.05) is 27.7 Å². The second-order valence-electron chi connectivity index (χ2n) is 7.22. The van der Waals surface area contributed by atoms with Crippen LogP contribution >= 0.6 is 0 Å². The number of hydrogen-bond acceptors (Lipinski definition) is 5. The summed E-state index contributed by atoms with van der Waals surface area (Å²) in [6.07, 6.45) is 9.99. The molecule has 0 aliphatic carbocycles. The van der Waals surface area contributed by atoms with Gasteiger partial charge in [0.2, 0.25) is 0 Å². The Hall–Kier alpha value is -2.15.